The average molecular weight is 197 g/mol. The Kier molecular flexibility index (Phi) is 4.94. The van der Waals surface area contributed by atoms with Crippen molar-refractivity contribution < 1.29 is 0 Å². The van der Waals surface area contributed by atoms with Gasteiger partial charge in [-0.05, 0) is 37.1 Å². The Morgan fingerprint density at radius 2 is 1.93 bits per heavy atom. The molecule has 3 unspecified atom stereocenters. The topological polar surface area (TPSA) is 12.0 Å². The van der Waals surface area contributed by atoms with Crippen molar-refractivity contribution in [2.45, 2.75) is 59.4 Å². The van der Waals surface area contributed by atoms with Crippen molar-refractivity contribution in [1.82, 2.24) is 5.32 Å². The molecule has 0 spiro atoms. The Hall–Kier alpha value is -0.0400. The van der Waals surface area contributed by atoms with Crippen molar-refractivity contribution >= 4 is 0 Å². The molecule has 1 heteroatoms. The van der Waals surface area contributed by atoms with E-state index in [2.05, 4.69) is 33.0 Å². The molecule has 1 saturated carbocycles. The highest BCUT2D eigenvalue weighted by Crippen LogP contribution is 2.33. The SMILES string of the molecule is CCC(C)C1CCCC1NCC(C)C. The zero-order valence-electron chi connectivity index (χ0n) is 10.3. The highest BCUT2D eigenvalue weighted by molar-refractivity contribution is 4.85. The van der Waals surface area contributed by atoms with Crippen molar-refractivity contribution in [3.05, 3.63) is 0 Å². The maximum atomic E-state index is 3.75. The monoisotopic (exact) mass is 197 g/mol. The van der Waals surface area contributed by atoms with E-state index in [-0.39, 0.29) is 0 Å². The van der Waals surface area contributed by atoms with Crippen LogP contribution in [-0.2, 0) is 0 Å². The Balaban J connectivity index is 2.35. The molecular formula is C13H27N. The predicted molar refractivity (Wildman–Crippen MR) is 63.4 cm³/mol. The first kappa shape index (κ1) is 12.0. The van der Waals surface area contributed by atoms with Gasteiger partial charge in [0.15, 0.2) is 0 Å². The Labute approximate surface area is 89.7 Å². The fraction of sp³-hybridized carbons (Fsp3) is 1.00. The summed E-state index contributed by atoms with van der Waals surface area (Å²) in [4.78, 5) is 0. The van der Waals surface area contributed by atoms with Gasteiger partial charge in [0.2, 0.25) is 0 Å². The quantitative estimate of drug-likeness (QED) is 0.712. The molecule has 1 N–H and O–H groups in total. The lowest BCUT2D eigenvalue weighted by molar-refractivity contribution is 0.283. The molecular weight excluding hydrogens is 170 g/mol. The molecule has 0 bridgehead atoms. The van der Waals surface area contributed by atoms with Crippen LogP contribution in [0, 0.1) is 17.8 Å². The van der Waals surface area contributed by atoms with Crippen LogP contribution >= 0.6 is 0 Å². The summed E-state index contributed by atoms with van der Waals surface area (Å²) in [7, 11) is 0. The maximum absolute atomic E-state index is 3.75. The molecule has 1 aliphatic carbocycles. The van der Waals surface area contributed by atoms with Crippen LogP contribution in [0.4, 0.5) is 0 Å². The van der Waals surface area contributed by atoms with Gasteiger partial charge in [-0.1, -0.05) is 40.5 Å². The van der Waals surface area contributed by atoms with Crippen molar-refractivity contribution in [2.24, 2.45) is 17.8 Å². The summed E-state index contributed by atoms with van der Waals surface area (Å²) < 4.78 is 0. The number of hydrogen-bond donors (Lipinski definition) is 1. The van der Waals surface area contributed by atoms with E-state index in [0.29, 0.717) is 0 Å². The van der Waals surface area contributed by atoms with Gasteiger partial charge in [0.1, 0.15) is 0 Å². The molecule has 3 atom stereocenters. The summed E-state index contributed by atoms with van der Waals surface area (Å²) in [5.41, 5.74) is 0. The van der Waals surface area contributed by atoms with Crippen molar-refractivity contribution in [3.63, 3.8) is 0 Å². The van der Waals surface area contributed by atoms with E-state index in [0.717, 1.165) is 23.8 Å². The standard InChI is InChI=1S/C13H27N/c1-5-11(4)12-7-6-8-13(12)14-9-10(2)3/h10-14H,5-9H2,1-4H3. The van der Waals surface area contributed by atoms with Crippen LogP contribution in [0.2, 0.25) is 0 Å². The molecule has 0 heterocycles. The second-order valence-electron chi connectivity index (χ2n) is 5.39. The minimum atomic E-state index is 0.785. The molecule has 0 aromatic carbocycles. The normalized spacial score (nSPS) is 29.8. The smallest absolute Gasteiger partial charge is 0.00979 e. The molecule has 14 heavy (non-hydrogen) atoms. The van der Waals surface area contributed by atoms with E-state index in [1.165, 1.54) is 32.2 Å². The second kappa shape index (κ2) is 5.75. The number of hydrogen-bond acceptors (Lipinski definition) is 1. The molecule has 1 aliphatic rings. The van der Waals surface area contributed by atoms with Gasteiger partial charge in [-0.2, -0.15) is 0 Å². The summed E-state index contributed by atoms with van der Waals surface area (Å²) in [6.07, 6.45) is 5.63. The van der Waals surface area contributed by atoms with E-state index in [4.69, 9.17) is 0 Å². The minimum absolute atomic E-state index is 0.785. The average Bonchev–Trinajstić information content (AvgIpc) is 2.61. The first-order chi connectivity index (χ1) is 6.65. The lowest BCUT2D eigenvalue weighted by Crippen LogP contribution is -2.37. The predicted octanol–water partition coefficient (Wildman–Crippen LogP) is 3.45. The van der Waals surface area contributed by atoms with Crippen LogP contribution in [0.3, 0.4) is 0 Å². The first-order valence-electron chi connectivity index (χ1n) is 6.38. The zero-order valence-corrected chi connectivity index (χ0v) is 10.3. The summed E-state index contributed by atoms with van der Waals surface area (Å²) in [5.74, 6) is 2.63. The van der Waals surface area contributed by atoms with Gasteiger partial charge in [-0.3, -0.25) is 0 Å². The van der Waals surface area contributed by atoms with Crippen LogP contribution in [0.1, 0.15) is 53.4 Å². The van der Waals surface area contributed by atoms with Crippen LogP contribution in [-0.4, -0.2) is 12.6 Å². The molecule has 0 saturated heterocycles. The molecule has 1 nitrogen and oxygen atoms in total. The first-order valence-corrected chi connectivity index (χ1v) is 6.38. The van der Waals surface area contributed by atoms with Gasteiger partial charge in [-0.25, -0.2) is 0 Å². The van der Waals surface area contributed by atoms with Gasteiger partial charge in [0, 0.05) is 6.04 Å². The van der Waals surface area contributed by atoms with E-state index in [1.807, 2.05) is 0 Å². The van der Waals surface area contributed by atoms with Crippen LogP contribution in [0.15, 0.2) is 0 Å². The Morgan fingerprint density at radius 3 is 2.50 bits per heavy atom. The molecule has 1 fully saturated rings. The largest absolute Gasteiger partial charge is 0.313 e. The highest BCUT2D eigenvalue weighted by Gasteiger charge is 2.30. The third kappa shape index (κ3) is 3.27. The van der Waals surface area contributed by atoms with Gasteiger partial charge < -0.3 is 5.32 Å². The number of rotatable bonds is 5. The van der Waals surface area contributed by atoms with Crippen LogP contribution in [0.25, 0.3) is 0 Å². The summed E-state index contributed by atoms with van der Waals surface area (Å²) in [6.45, 7) is 10.5. The van der Waals surface area contributed by atoms with Gasteiger partial charge >= 0.3 is 0 Å². The lowest BCUT2D eigenvalue weighted by Gasteiger charge is -2.26. The lowest BCUT2D eigenvalue weighted by atomic mass is 9.87. The van der Waals surface area contributed by atoms with Crippen molar-refractivity contribution in [2.75, 3.05) is 6.54 Å². The Morgan fingerprint density at radius 1 is 1.21 bits per heavy atom. The van der Waals surface area contributed by atoms with Crippen molar-refractivity contribution in [1.29, 1.82) is 0 Å². The van der Waals surface area contributed by atoms with Crippen LogP contribution < -0.4 is 5.32 Å². The third-order valence-electron chi connectivity index (χ3n) is 3.73. The second-order valence-corrected chi connectivity index (χ2v) is 5.39. The minimum Gasteiger partial charge on any atom is -0.313 e. The molecule has 0 amide bonds. The summed E-state index contributed by atoms with van der Waals surface area (Å²) >= 11 is 0. The molecule has 0 aromatic heterocycles. The molecule has 0 radical (unpaired) electrons. The molecule has 0 aliphatic heterocycles. The van der Waals surface area contributed by atoms with Crippen LogP contribution in [0.5, 0.6) is 0 Å². The van der Waals surface area contributed by atoms with Gasteiger partial charge in [-0.15, -0.1) is 0 Å². The number of nitrogens with one attached hydrogen (secondary N) is 1. The fourth-order valence-corrected chi connectivity index (χ4v) is 2.61. The molecule has 0 aromatic rings. The maximum Gasteiger partial charge on any atom is 0.00979 e. The molecule has 1 rings (SSSR count). The van der Waals surface area contributed by atoms with E-state index in [9.17, 15) is 0 Å². The molecule has 84 valence electrons. The van der Waals surface area contributed by atoms with Crippen molar-refractivity contribution in [3.8, 4) is 0 Å². The third-order valence-corrected chi connectivity index (χ3v) is 3.73. The van der Waals surface area contributed by atoms with Gasteiger partial charge in [0.25, 0.3) is 0 Å². The summed E-state index contributed by atoms with van der Waals surface area (Å²) in [5, 5.41) is 3.75. The summed E-state index contributed by atoms with van der Waals surface area (Å²) in [6, 6.07) is 0.812. The fourth-order valence-electron chi connectivity index (χ4n) is 2.61. The van der Waals surface area contributed by atoms with E-state index < -0.39 is 0 Å². The van der Waals surface area contributed by atoms with E-state index >= 15 is 0 Å². The Bertz CT molecular complexity index is 153. The highest BCUT2D eigenvalue weighted by atomic mass is 14.9. The van der Waals surface area contributed by atoms with Gasteiger partial charge in [0.05, 0.1) is 0 Å². The van der Waals surface area contributed by atoms with E-state index in [1.54, 1.807) is 0 Å². The zero-order chi connectivity index (χ0) is 10.6.